The van der Waals surface area contributed by atoms with E-state index in [1.165, 1.54) is 0 Å². The number of amides is 1. The molecular formula is C23H28ClN3O3. The number of aromatic nitrogens is 1. The van der Waals surface area contributed by atoms with Crippen LogP contribution in [0.25, 0.3) is 5.76 Å². The highest BCUT2D eigenvalue weighted by Crippen LogP contribution is 2.41. The molecule has 1 aromatic heterocycles. The third-order valence-electron chi connectivity index (χ3n) is 5.65. The maximum atomic E-state index is 13.1. The second-order valence-corrected chi connectivity index (χ2v) is 8.51. The van der Waals surface area contributed by atoms with Gasteiger partial charge in [-0.05, 0) is 71.1 Å². The Morgan fingerprint density at radius 1 is 1.13 bits per heavy atom. The molecule has 3 rings (SSSR count). The molecule has 1 aliphatic heterocycles. The molecule has 2 heterocycles. The standard InChI is InChI=1S/C23H28ClN3O3/c1-13-14(2)25-15(3)18(13)21(28)19-20(16-7-9-17(24)10-8-16)27(23(30)22(19)29)12-6-11-26(4)5/h7-10,20,25,28H,6,11-12H2,1-5H3/b21-19+. The van der Waals surface area contributed by atoms with Crippen LogP contribution in [0.2, 0.25) is 5.02 Å². The molecule has 0 aliphatic carbocycles. The van der Waals surface area contributed by atoms with Crippen molar-refractivity contribution in [3.05, 3.63) is 62.9 Å². The van der Waals surface area contributed by atoms with Crippen molar-refractivity contribution in [3.63, 3.8) is 0 Å². The predicted octanol–water partition coefficient (Wildman–Crippen LogP) is 3.97. The summed E-state index contributed by atoms with van der Waals surface area (Å²) >= 11 is 6.05. The Balaban J connectivity index is 2.14. The second-order valence-electron chi connectivity index (χ2n) is 8.08. The molecule has 0 bridgehead atoms. The number of halogens is 1. The zero-order chi connectivity index (χ0) is 22.2. The molecule has 0 radical (unpaired) electrons. The summed E-state index contributed by atoms with van der Waals surface area (Å²) in [6, 6.07) is 6.40. The number of hydrogen-bond donors (Lipinski definition) is 2. The third-order valence-corrected chi connectivity index (χ3v) is 5.91. The summed E-state index contributed by atoms with van der Waals surface area (Å²) in [4.78, 5) is 32.8. The summed E-state index contributed by atoms with van der Waals surface area (Å²) in [6.07, 6.45) is 0.714. The number of aryl methyl sites for hydroxylation is 2. The summed E-state index contributed by atoms with van der Waals surface area (Å²) in [5.74, 6) is -1.38. The number of H-pyrrole nitrogens is 1. The first-order valence-corrected chi connectivity index (χ1v) is 10.4. The normalized spacial score (nSPS) is 18.6. The number of nitrogens with zero attached hydrogens (tertiary/aromatic N) is 2. The maximum absolute atomic E-state index is 13.1. The Morgan fingerprint density at radius 3 is 2.30 bits per heavy atom. The van der Waals surface area contributed by atoms with Crippen LogP contribution in [-0.2, 0) is 9.59 Å². The van der Waals surface area contributed by atoms with Crippen molar-refractivity contribution in [3.8, 4) is 0 Å². The van der Waals surface area contributed by atoms with Gasteiger partial charge in [-0.2, -0.15) is 0 Å². The molecule has 1 aliphatic rings. The number of carbonyl (C=O) groups excluding carboxylic acids is 2. The smallest absolute Gasteiger partial charge is 0.295 e. The molecule has 160 valence electrons. The van der Waals surface area contributed by atoms with Gasteiger partial charge in [0.15, 0.2) is 0 Å². The van der Waals surface area contributed by atoms with E-state index in [1.54, 1.807) is 29.2 Å². The number of nitrogens with one attached hydrogen (secondary N) is 1. The summed E-state index contributed by atoms with van der Waals surface area (Å²) in [7, 11) is 3.93. The third kappa shape index (κ3) is 4.02. The van der Waals surface area contributed by atoms with E-state index in [-0.39, 0.29) is 11.3 Å². The van der Waals surface area contributed by atoms with Crippen molar-refractivity contribution < 1.29 is 14.7 Å². The maximum Gasteiger partial charge on any atom is 0.295 e. The van der Waals surface area contributed by atoms with E-state index in [1.807, 2.05) is 39.8 Å². The number of benzene rings is 1. The van der Waals surface area contributed by atoms with E-state index in [0.29, 0.717) is 23.6 Å². The molecule has 1 unspecified atom stereocenters. The highest BCUT2D eigenvalue weighted by Gasteiger charge is 2.46. The Bertz CT molecular complexity index is 1010. The van der Waals surface area contributed by atoms with Gasteiger partial charge in [0.25, 0.3) is 11.7 Å². The van der Waals surface area contributed by atoms with Crippen LogP contribution in [-0.4, -0.2) is 58.8 Å². The van der Waals surface area contributed by atoms with E-state index in [9.17, 15) is 14.7 Å². The molecule has 0 saturated carbocycles. The summed E-state index contributed by atoms with van der Waals surface area (Å²) in [5.41, 5.74) is 3.98. The molecular weight excluding hydrogens is 402 g/mol. The molecule has 2 N–H and O–H groups in total. The van der Waals surface area contributed by atoms with Crippen LogP contribution in [0.3, 0.4) is 0 Å². The van der Waals surface area contributed by atoms with Gasteiger partial charge in [-0.3, -0.25) is 9.59 Å². The van der Waals surface area contributed by atoms with Gasteiger partial charge in [-0.25, -0.2) is 0 Å². The SMILES string of the molecule is Cc1[nH]c(C)c(/C(O)=C2\C(=O)C(=O)N(CCCN(C)C)C2c2ccc(Cl)cc2)c1C. The van der Waals surface area contributed by atoms with Gasteiger partial charge in [0.05, 0.1) is 11.6 Å². The minimum absolute atomic E-state index is 0.123. The van der Waals surface area contributed by atoms with Crippen molar-refractivity contribution >= 4 is 29.1 Å². The van der Waals surface area contributed by atoms with Crippen molar-refractivity contribution in [2.45, 2.75) is 33.2 Å². The van der Waals surface area contributed by atoms with Gasteiger partial charge in [-0.1, -0.05) is 23.7 Å². The van der Waals surface area contributed by atoms with Crippen molar-refractivity contribution in [1.29, 1.82) is 0 Å². The van der Waals surface area contributed by atoms with Crippen LogP contribution in [0, 0.1) is 20.8 Å². The Morgan fingerprint density at radius 2 is 1.77 bits per heavy atom. The number of Topliss-reactive ketones (excluding diaryl/α,β-unsaturated/α-hetero) is 1. The van der Waals surface area contributed by atoms with Crippen molar-refractivity contribution in [1.82, 2.24) is 14.8 Å². The quantitative estimate of drug-likeness (QED) is 0.414. The van der Waals surface area contributed by atoms with E-state index < -0.39 is 17.7 Å². The number of aliphatic hydroxyl groups excluding tert-OH is 1. The Hall–Kier alpha value is -2.57. The number of aromatic amines is 1. The summed E-state index contributed by atoms with van der Waals surface area (Å²) in [6.45, 7) is 6.84. The highest BCUT2D eigenvalue weighted by molar-refractivity contribution is 6.46. The molecule has 1 amide bonds. The second kappa shape index (κ2) is 8.66. The fraction of sp³-hybridized carbons (Fsp3) is 0.391. The van der Waals surface area contributed by atoms with E-state index >= 15 is 0 Å². The average molecular weight is 430 g/mol. The molecule has 2 aromatic rings. The Kier molecular flexibility index (Phi) is 6.38. The van der Waals surface area contributed by atoms with Crippen LogP contribution in [0.5, 0.6) is 0 Å². The van der Waals surface area contributed by atoms with Crippen LogP contribution in [0.4, 0.5) is 0 Å². The minimum Gasteiger partial charge on any atom is -0.507 e. The number of likely N-dealkylation sites (tertiary alicyclic amines) is 1. The zero-order valence-electron chi connectivity index (χ0n) is 18.0. The lowest BCUT2D eigenvalue weighted by Crippen LogP contribution is -2.32. The van der Waals surface area contributed by atoms with Crippen molar-refractivity contribution in [2.75, 3.05) is 27.2 Å². The average Bonchev–Trinajstić information content (AvgIpc) is 3.08. The van der Waals surface area contributed by atoms with Gasteiger partial charge < -0.3 is 19.9 Å². The first-order valence-electron chi connectivity index (χ1n) is 9.98. The number of carbonyl (C=O) groups is 2. The van der Waals surface area contributed by atoms with Crippen LogP contribution in [0.1, 0.15) is 40.5 Å². The largest absolute Gasteiger partial charge is 0.507 e. The lowest BCUT2D eigenvalue weighted by atomic mass is 9.94. The monoisotopic (exact) mass is 429 g/mol. The first-order chi connectivity index (χ1) is 14.1. The molecule has 30 heavy (non-hydrogen) atoms. The highest BCUT2D eigenvalue weighted by atomic mass is 35.5. The van der Waals surface area contributed by atoms with Crippen LogP contribution in [0.15, 0.2) is 29.8 Å². The van der Waals surface area contributed by atoms with E-state index in [2.05, 4.69) is 4.98 Å². The topological polar surface area (TPSA) is 76.6 Å². The van der Waals surface area contributed by atoms with Crippen molar-refractivity contribution in [2.24, 2.45) is 0 Å². The number of ketones is 1. The molecule has 1 atom stereocenters. The number of hydrogen-bond acceptors (Lipinski definition) is 4. The van der Waals surface area contributed by atoms with Crippen LogP contribution >= 0.6 is 11.6 Å². The van der Waals surface area contributed by atoms with E-state index in [0.717, 1.165) is 29.1 Å². The number of rotatable bonds is 6. The first kappa shape index (κ1) is 22.1. The Labute approximate surface area is 182 Å². The van der Waals surface area contributed by atoms with Crippen LogP contribution < -0.4 is 0 Å². The lowest BCUT2D eigenvalue weighted by molar-refractivity contribution is -0.139. The fourth-order valence-corrected chi connectivity index (χ4v) is 4.18. The summed E-state index contributed by atoms with van der Waals surface area (Å²) < 4.78 is 0. The van der Waals surface area contributed by atoms with Gasteiger partial charge in [-0.15, -0.1) is 0 Å². The zero-order valence-corrected chi connectivity index (χ0v) is 18.8. The molecule has 6 nitrogen and oxygen atoms in total. The van der Waals surface area contributed by atoms with E-state index in [4.69, 9.17) is 11.6 Å². The minimum atomic E-state index is -0.657. The molecule has 0 spiro atoms. The van der Waals surface area contributed by atoms with Gasteiger partial charge >= 0.3 is 0 Å². The molecule has 1 aromatic carbocycles. The van der Waals surface area contributed by atoms with Gasteiger partial charge in [0, 0.05) is 28.5 Å². The molecule has 1 fully saturated rings. The predicted molar refractivity (Wildman–Crippen MR) is 119 cm³/mol. The number of aliphatic hydroxyl groups is 1. The fourth-order valence-electron chi connectivity index (χ4n) is 4.06. The van der Waals surface area contributed by atoms with Gasteiger partial charge in [0.2, 0.25) is 0 Å². The van der Waals surface area contributed by atoms with Gasteiger partial charge in [0.1, 0.15) is 5.76 Å². The summed E-state index contributed by atoms with van der Waals surface area (Å²) in [5, 5.41) is 11.8. The lowest BCUT2D eigenvalue weighted by Gasteiger charge is -2.26. The molecule has 7 heteroatoms. The molecule has 1 saturated heterocycles.